The minimum atomic E-state index is -1.03. The van der Waals surface area contributed by atoms with Gasteiger partial charge in [0.25, 0.3) is 23.6 Å². The zero-order valence-corrected chi connectivity index (χ0v) is 33.8. The molecular weight excluding hydrogens is 774 g/mol. The monoisotopic (exact) mass is 823 g/mol. The summed E-state index contributed by atoms with van der Waals surface area (Å²) in [6, 6.07) is 8.06. The van der Waals surface area contributed by atoms with E-state index in [2.05, 4.69) is 41.4 Å². The summed E-state index contributed by atoms with van der Waals surface area (Å²) in [4.78, 5) is 97.4. The van der Waals surface area contributed by atoms with E-state index in [9.17, 15) is 38.0 Å². The molecule has 4 aliphatic rings. The number of unbranched alkanes of at least 4 members (excludes halogenated alkanes) is 1. The van der Waals surface area contributed by atoms with Crippen molar-refractivity contribution in [1.82, 2.24) is 35.6 Å². The Kier molecular flexibility index (Phi) is 12.8. The van der Waals surface area contributed by atoms with E-state index in [-0.39, 0.29) is 41.7 Å². The van der Waals surface area contributed by atoms with Crippen LogP contribution >= 0.6 is 0 Å². The molecule has 1 unspecified atom stereocenters. The Morgan fingerprint density at radius 3 is 2.38 bits per heavy atom. The first-order valence-electron chi connectivity index (χ1n) is 20.5. The predicted octanol–water partition coefficient (Wildman–Crippen LogP) is 2.80. The van der Waals surface area contributed by atoms with Gasteiger partial charge in [-0.1, -0.05) is 6.07 Å². The second-order valence-electron chi connectivity index (χ2n) is 15.6. The molecule has 5 heterocycles. The van der Waals surface area contributed by atoms with Gasteiger partial charge in [0.2, 0.25) is 17.7 Å². The number of hydrogen-bond acceptors (Lipinski definition) is 10. The van der Waals surface area contributed by atoms with Gasteiger partial charge in [0.1, 0.15) is 11.9 Å². The highest BCUT2D eigenvalue weighted by Gasteiger charge is 2.45. The smallest absolute Gasteiger partial charge is 0.264 e. The van der Waals surface area contributed by atoms with Crippen molar-refractivity contribution < 1.29 is 38.0 Å². The third kappa shape index (κ3) is 9.16. The number of carbonyl (C=O) groups excluding carboxylic acids is 7. The van der Waals surface area contributed by atoms with Crippen molar-refractivity contribution in [1.29, 1.82) is 0 Å². The molecule has 1 atom stereocenters. The summed E-state index contributed by atoms with van der Waals surface area (Å²) >= 11 is 0. The standard InChI is InChI=1S/C43H50FN9O7/c1-25-33(24-30-29-23-27(44)10-11-31(29)49-39(30)56)48-26(2)37(25)41(58)47-15-6-17-51-19-21-52(22-20-51)18-16-46-35(54)9-3-4-14-45-32-8-5-7-28-38(32)43(60)53(42(28)59)34-12-13-36(55)50-40(34)57/h5,7-8,10-11,23-24,34,45,48H,3-4,6,9,12-22H2,1-2H3,(H,46,54)(H,47,58)(H,49,56)(H,50,55,57)/b30-24-. The summed E-state index contributed by atoms with van der Waals surface area (Å²) in [6.07, 6.45) is 4.24. The molecule has 1 aromatic heterocycles. The number of piperidine rings is 1. The maximum absolute atomic E-state index is 13.9. The first kappa shape index (κ1) is 41.9. The van der Waals surface area contributed by atoms with Gasteiger partial charge in [-0.15, -0.1) is 0 Å². The van der Waals surface area contributed by atoms with E-state index < -0.39 is 35.5 Å². The highest BCUT2D eigenvalue weighted by molar-refractivity contribution is 6.35. The number of aryl methyl sites for hydroxylation is 1. The van der Waals surface area contributed by atoms with Crippen molar-refractivity contribution in [3.8, 4) is 0 Å². The molecule has 7 amide bonds. The lowest BCUT2D eigenvalue weighted by Crippen LogP contribution is -2.54. The third-order valence-electron chi connectivity index (χ3n) is 11.5. The predicted molar refractivity (Wildman–Crippen MR) is 221 cm³/mol. The van der Waals surface area contributed by atoms with E-state index in [0.29, 0.717) is 83.9 Å². The van der Waals surface area contributed by atoms with Crippen LogP contribution in [0.4, 0.5) is 15.8 Å². The number of amides is 7. The molecule has 0 saturated carbocycles. The zero-order valence-electron chi connectivity index (χ0n) is 33.8. The molecule has 4 aliphatic heterocycles. The van der Waals surface area contributed by atoms with Crippen molar-refractivity contribution in [3.63, 3.8) is 0 Å². The number of halogens is 1. The maximum Gasteiger partial charge on any atom is 0.264 e. The number of imide groups is 2. The fourth-order valence-electron chi connectivity index (χ4n) is 8.27. The van der Waals surface area contributed by atoms with Gasteiger partial charge in [-0.25, -0.2) is 4.39 Å². The van der Waals surface area contributed by atoms with Crippen LogP contribution in [-0.2, 0) is 19.2 Å². The molecule has 2 aromatic carbocycles. The molecule has 0 spiro atoms. The molecule has 3 aromatic rings. The Hall–Kier alpha value is -6.20. The average molecular weight is 824 g/mol. The Morgan fingerprint density at radius 2 is 1.62 bits per heavy atom. The normalized spacial score (nSPS) is 18.7. The van der Waals surface area contributed by atoms with Gasteiger partial charge in [0.05, 0.1) is 22.3 Å². The number of nitrogens with one attached hydrogen (secondary N) is 6. The van der Waals surface area contributed by atoms with Gasteiger partial charge in [-0.3, -0.25) is 48.7 Å². The second kappa shape index (κ2) is 18.4. The van der Waals surface area contributed by atoms with Crippen molar-refractivity contribution in [3.05, 3.63) is 81.4 Å². The van der Waals surface area contributed by atoms with Crippen LogP contribution in [0.25, 0.3) is 11.6 Å². The van der Waals surface area contributed by atoms with Crippen LogP contribution in [0.3, 0.4) is 0 Å². The molecule has 16 nitrogen and oxygen atoms in total. The molecule has 17 heteroatoms. The number of benzene rings is 2. The maximum atomic E-state index is 13.9. The summed E-state index contributed by atoms with van der Waals surface area (Å²) < 4.78 is 13.9. The Bertz CT molecular complexity index is 2260. The highest BCUT2D eigenvalue weighted by atomic mass is 19.1. The van der Waals surface area contributed by atoms with Gasteiger partial charge in [0.15, 0.2) is 0 Å². The molecule has 2 fully saturated rings. The lowest BCUT2D eigenvalue weighted by Gasteiger charge is -2.34. The first-order valence-corrected chi connectivity index (χ1v) is 20.5. The number of piperazine rings is 1. The van der Waals surface area contributed by atoms with E-state index in [4.69, 9.17) is 0 Å². The molecule has 316 valence electrons. The quantitative estimate of drug-likeness (QED) is 0.0709. The fourth-order valence-corrected chi connectivity index (χ4v) is 8.27. The number of aromatic nitrogens is 1. The lowest BCUT2D eigenvalue weighted by molar-refractivity contribution is -0.136. The molecule has 0 bridgehead atoms. The van der Waals surface area contributed by atoms with E-state index in [1.807, 2.05) is 13.8 Å². The van der Waals surface area contributed by atoms with Gasteiger partial charge >= 0.3 is 0 Å². The van der Waals surface area contributed by atoms with Gasteiger partial charge < -0.3 is 31.2 Å². The molecular formula is C43H50FN9O7. The average Bonchev–Trinajstić information content (AvgIpc) is 3.78. The minimum absolute atomic E-state index is 0.0288. The van der Waals surface area contributed by atoms with E-state index in [0.717, 1.165) is 50.6 Å². The molecule has 60 heavy (non-hydrogen) atoms. The summed E-state index contributed by atoms with van der Waals surface area (Å²) in [5.74, 6) is -3.17. The topological polar surface area (TPSA) is 205 Å². The van der Waals surface area contributed by atoms with E-state index in [1.54, 1.807) is 24.3 Å². The second-order valence-corrected chi connectivity index (χ2v) is 15.6. The van der Waals surface area contributed by atoms with Crippen molar-refractivity contribution in [2.75, 3.05) is 69.5 Å². The SMILES string of the molecule is Cc1[nH]c(/C=C2\C(=O)Nc3ccc(F)cc32)c(C)c1C(=O)NCCCN1CCN(CCNC(=O)CCCCNc2cccc3c2C(=O)N(C2CCC(=O)NC2=O)C3=O)CC1. The number of fused-ring (bicyclic) bond motifs is 2. The summed E-state index contributed by atoms with van der Waals surface area (Å²) in [5.41, 5.74) is 4.84. The highest BCUT2D eigenvalue weighted by Crippen LogP contribution is 2.35. The Labute approximate surface area is 346 Å². The number of nitrogens with zero attached hydrogens (tertiary/aromatic N) is 3. The Balaban J connectivity index is 0.752. The van der Waals surface area contributed by atoms with Crippen LogP contribution in [0, 0.1) is 19.7 Å². The van der Waals surface area contributed by atoms with Crippen LogP contribution in [-0.4, -0.2) is 126 Å². The minimum Gasteiger partial charge on any atom is -0.384 e. The Morgan fingerprint density at radius 1 is 0.850 bits per heavy atom. The molecule has 2 saturated heterocycles. The van der Waals surface area contributed by atoms with Gasteiger partial charge in [-0.05, 0) is 88.0 Å². The third-order valence-corrected chi connectivity index (χ3v) is 11.5. The van der Waals surface area contributed by atoms with E-state index in [1.165, 1.54) is 18.2 Å². The van der Waals surface area contributed by atoms with Crippen LogP contribution in [0.15, 0.2) is 36.4 Å². The molecule has 7 rings (SSSR count). The molecule has 6 N–H and O–H groups in total. The first-order chi connectivity index (χ1) is 28.9. The number of hydrogen-bond donors (Lipinski definition) is 6. The molecule has 0 radical (unpaired) electrons. The summed E-state index contributed by atoms with van der Waals surface area (Å²) in [7, 11) is 0. The van der Waals surface area contributed by atoms with Crippen LogP contribution in [0.2, 0.25) is 0 Å². The number of H-pyrrole nitrogens is 1. The number of rotatable bonds is 16. The molecule has 0 aliphatic carbocycles. The number of carbonyl (C=O) groups is 7. The van der Waals surface area contributed by atoms with Crippen LogP contribution in [0.5, 0.6) is 0 Å². The van der Waals surface area contributed by atoms with Crippen molar-refractivity contribution >= 4 is 64.4 Å². The van der Waals surface area contributed by atoms with Crippen molar-refractivity contribution in [2.45, 2.75) is 58.4 Å². The van der Waals surface area contributed by atoms with Crippen molar-refractivity contribution in [2.24, 2.45) is 0 Å². The van der Waals surface area contributed by atoms with Gasteiger partial charge in [0, 0.05) is 93.5 Å². The number of aromatic amines is 1. The van der Waals surface area contributed by atoms with Gasteiger partial charge in [-0.2, -0.15) is 0 Å². The largest absolute Gasteiger partial charge is 0.384 e. The summed E-state index contributed by atoms with van der Waals surface area (Å²) in [6.45, 7) is 10.3. The fraction of sp³-hybridized carbons (Fsp3) is 0.419. The van der Waals surface area contributed by atoms with Crippen LogP contribution in [0.1, 0.15) is 92.1 Å². The lowest BCUT2D eigenvalue weighted by atomic mass is 10.0. The zero-order chi connectivity index (χ0) is 42.5. The van der Waals surface area contributed by atoms with E-state index >= 15 is 0 Å². The summed E-state index contributed by atoms with van der Waals surface area (Å²) in [5, 5.41) is 14.2. The van der Waals surface area contributed by atoms with Crippen LogP contribution < -0.4 is 26.6 Å². The number of anilines is 2.